The van der Waals surface area contributed by atoms with Gasteiger partial charge in [0.25, 0.3) is 0 Å². The van der Waals surface area contributed by atoms with Gasteiger partial charge in [0, 0.05) is 31.2 Å². The first-order valence-electron chi connectivity index (χ1n) is 7.59. The Kier molecular flexibility index (Phi) is 4.33. The molecule has 2 fully saturated rings. The summed E-state index contributed by atoms with van der Waals surface area (Å²) in [5.41, 5.74) is 6.51. The molecule has 1 atom stereocenters. The molecule has 22 heavy (non-hydrogen) atoms. The Labute approximate surface area is 129 Å². The molecular formula is C14H21FN4O2S. The summed E-state index contributed by atoms with van der Waals surface area (Å²) in [4.78, 5) is 3.71. The molecule has 6 nitrogen and oxygen atoms in total. The van der Waals surface area contributed by atoms with E-state index in [1.165, 1.54) is 6.20 Å². The minimum Gasteiger partial charge on any atom is -0.397 e. The van der Waals surface area contributed by atoms with Gasteiger partial charge in [0.1, 0.15) is 5.82 Å². The van der Waals surface area contributed by atoms with Crippen molar-refractivity contribution in [1.29, 1.82) is 0 Å². The maximum absolute atomic E-state index is 13.8. The predicted octanol–water partition coefficient (Wildman–Crippen LogP) is 0.502. The van der Waals surface area contributed by atoms with Crippen molar-refractivity contribution < 1.29 is 12.8 Å². The van der Waals surface area contributed by atoms with Gasteiger partial charge in [-0.2, -0.15) is 4.31 Å². The van der Waals surface area contributed by atoms with E-state index in [-0.39, 0.29) is 11.3 Å². The fourth-order valence-electron chi connectivity index (χ4n) is 2.93. The molecule has 8 heteroatoms. The highest BCUT2D eigenvalue weighted by Crippen LogP contribution is 2.33. The van der Waals surface area contributed by atoms with Crippen molar-refractivity contribution in [1.82, 2.24) is 14.6 Å². The van der Waals surface area contributed by atoms with Crippen LogP contribution >= 0.6 is 0 Å². The largest absolute Gasteiger partial charge is 0.397 e. The van der Waals surface area contributed by atoms with Crippen LogP contribution in [0.5, 0.6) is 0 Å². The van der Waals surface area contributed by atoms with Crippen LogP contribution in [-0.4, -0.2) is 48.6 Å². The molecule has 0 aromatic carbocycles. The standard InChI is InChI=1S/C14H21FN4O2S/c15-13-8-18-9-14(16)12(13)4-1-10-7-17-5-6-19(10)22(20,21)11-2-3-11/h8-11,17H,1-7,16H2. The molecule has 1 aromatic heterocycles. The van der Waals surface area contributed by atoms with Crippen LogP contribution < -0.4 is 11.1 Å². The minimum atomic E-state index is -3.21. The molecule has 3 rings (SSSR count). The second-order valence-corrected chi connectivity index (χ2v) is 8.11. The Morgan fingerprint density at radius 2 is 2.18 bits per heavy atom. The zero-order valence-electron chi connectivity index (χ0n) is 12.3. The van der Waals surface area contributed by atoms with Gasteiger partial charge in [0.15, 0.2) is 0 Å². The van der Waals surface area contributed by atoms with Crippen LogP contribution in [0.3, 0.4) is 0 Å². The van der Waals surface area contributed by atoms with Crippen molar-refractivity contribution in [3.63, 3.8) is 0 Å². The van der Waals surface area contributed by atoms with Crippen molar-refractivity contribution in [2.45, 2.75) is 37.0 Å². The SMILES string of the molecule is Nc1cncc(F)c1CCC1CNCCN1S(=O)(=O)C1CC1. The van der Waals surface area contributed by atoms with Crippen LogP contribution in [0.4, 0.5) is 10.1 Å². The first kappa shape index (κ1) is 15.6. The maximum atomic E-state index is 13.8. The lowest BCUT2D eigenvalue weighted by atomic mass is 10.0. The molecule has 1 saturated heterocycles. The molecule has 1 aliphatic carbocycles. The average Bonchev–Trinajstić information content (AvgIpc) is 3.32. The van der Waals surface area contributed by atoms with E-state index < -0.39 is 15.8 Å². The van der Waals surface area contributed by atoms with Gasteiger partial charge in [-0.1, -0.05) is 0 Å². The first-order valence-corrected chi connectivity index (χ1v) is 9.09. The number of hydrogen-bond donors (Lipinski definition) is 2. The highest BCUT2D eigenvalue weighted by molar-refractivity contribution is 7.90. The summed E-state index contributed by atoms with van der Waals surface area (Å²) in [6, 6.07) is -0.147. The van der Waals surface area contributed by atoms with Gasteiger partial charge < -0.3 is 11.1 Å². The van der Waals surface area contributed by atoms with Gasteiger partial charge in [-0.25, -0.2) is 12.8 Å². The Hall–Kier alpha value is -1.25. The number of nitrogen functional groups attached to an aromatic ring is 1. The van der Waals surface area contributed by atoms with E-state index in [2.05, 4.69) is 10.3 Å². The smallest absolute Gasteiger partial charge is 0.217 e. The van der Waals surface area contributed by atoms with Gasteiger partial charge >= 0.3 is 0 Å². The van der Waals surface area contributed by atoms with Gasteiger partial charge in [0.2, 0.25) is 10.0 Å². The summed E-state index contributed by atoms with van der Waals surface area (Å²) < 4.78 is 40.4. The summed E-state index contributed by atoms with van der Waals surface area (Å²) in [6.45, 7) is 1.74. The molecule has 2 aliphatic rings. The molecule has 122 valence electrons. The highest BCUT2D eigenvalue weighted by Gasteiger charge is 2.43. The van der Waals surface area contributed by atoms with Crippen molar-refractivity contribution >= 4 is 15.7 Å². The van der Waals surface area contributed by atoms with Gasteiger partial charge in [-0.05, 0) is 25.7 Å². The number of piperazine rings is 1. The zero-order valence-corrected chi connectivity index (χ0v) is 13.2. The zero-order chi connectivity index (χ0) is 15.7. The molecule has 1 unspecified atom stereocenters. The average molecular weight is 328 g/mol. The molecule has 0 bridgehead atoms. The number of aromatic nitrogens is 1. The Morgan fingerprint density at radius 1 is 1.41 bits per heavy atom. The quantitative estimate of drug-likeness (QED) is 0.822. The van der Waals surface area contributed by atoms with Crippen molar-refractivity contribution in [3.05, 3.63) is 23.8 Å². The number of anilines is 1. The summed E-state index contributed by atoms with van der Waals surface area (Å²) in [5.74, 6) is -0.430. The number of nitrogens with two attached hydrogens (primary N) is 1. The number of nitrogens with one attached hydrogen (secondary N) is 1. The molecule has 0 amide bonds. The third-order valence-corrected chi connectivity index (χ3v) is 6.78. The molecular weight excluding hydrogens is 307 g/mol. The van der Waals surface area contributed by atoms with E-state index in [9.17, 15) is 12.8 Å². The van der Waals surface area contributed by atoms with Crippen LogP contribution in [0.1, 0.15) is 24.8 Å². The molecule has 3 N–H and O–H groups in total. The Bertz CT molecular complexity index is 628. The summed E-state index contributed by atoms with van der Waals surface area (Å²) in [6.07, 6.45) is 5.03. The lowest BCUT2D eigenvalue weighted by Crippen LogP contribution is -2.54. The first-order chi connectivity index (χ1) is 10.5. The summed E-state index contributed by atoms with van der Waals surface area (Å²) in [5, 5.41) is 3.01. The van der Waals surface area contributed by atoms with Crippen molar-refractivity contribution in [2.24, 2.45) is 0 Å². The molecule has 0 radical (unpaired) electrons. The Morgan fingerprint density at radius 3 is 2.86 bits per heavy atom. The van der Waals surface area contributed by atoms with Crippen LogP contribution in [-0.2, 0) is 16.4 Å². The van der Waals surface area contributed by atoms with Crippen LogP contribution in [0.15, 0.2) is 12.4 Å². The highest BCUT2D eigenvalue weighted by atomic mass is 32.2. The van der Waals surface area contributed by atoms with Gasteiger partial charge in [-0.3, -0.25) is 4.98 Å². The maximum Gasteiger partial charge on any atom is 0.217 e. The molecule has 0 spiro atoms. The van der Waals surface area contributed by atoms with Crippen molar-refractivity contribution in [2.75, 3.05) is 25.4 Å². The number of rotatable bonds is 5. The van der Waals surface area contributed by atoms with E-state index in [1.807, 2.05) is 0 Å². The monoisotopic (exact) mass is 328 g/mol. The van der Waals surface area contributed by atoms with Gasteiger partial charge in [-0.15, -0.1) is 0 Å². The van der Waals surface area contributed by atoms with Crippen LogP contribution in [0.25, 0.3) is 0 Å². The van der Waals surface area contributed by atoms with E-state index in [4.69, 9.17) is 5.73 Å². The Balaban J connectivity index is 1.72. The molecule has 2 heterocycles. The number of nitrogens with zero attached hydrogens (tertiary/aromatic N) is 2. The third kappa shape index (κ3) is 3.09. The number of halogens is 1. The minimum absolute atomic E-state index is 0.147. The number of hydrogen-bond acceptors (Lipinski definition) is 5. The summed E-state index contributed by atoms with van der Waals surface area (Å²) in [7, 11) is -3.21. The molecule has 1 aliphatic heterocycles. The number of pyridine rings is 1. The molecule has 1 aromatic rings. The number of sulfonamides is 1. The predicted molar refractivity (Wildman–Crippen MR) is 82.2 cm³/mol. The molecule has 1 saturated carbocycles. The van der Waals surface area contributed by atoms with E-state index in [1.54, 1.807) is 4.31 Å². The third-order valence-electron chi connectivity index (χ3n) is 4.33. The second-order valence-electron chi connectivity index (χ2n) is 5.94. The topological polar surface area (TPSA) is 88.3 Å². The fraction of sp³-hybridized carbons (Fsp3) is 0.643. The van der Waals surface area contributed by atoms with Gasteiger partial charge in [0.05, 0.1) is 23.3 Å². The van der Waals surface area contributed by atoms with E-state index >= 15 is 0 Å². The lowest BCUT2D eigenvalue weighted by molar-refractivity contribution is 0.255. The summed E-state index contributed by atoms with van der Waals surface area (Å²) >= 11 is 0. The fourth-order valence-corrected chi connectivity index (χ4v) is 4.99. The van der Waals surface area contributed by atoms with Crippen LogP contribution in [0, 0.1) is 5.82 Å². The second kappa shape index (κ2) is 6.10. The van der Waals surface area contributed by atoms with Crippen molar-refractivity contribution in [3.8, 4) is 0 Å². The van der Waals surface area contributed by atoms with Crippen LogP contribution in [0.2, 0.25) is 0 Å². The van der Waals surface area contributed by atoms with E-state index in [0.29, 0.717) is 43.7 Å². The normalized spacial score (nSPS) is 23.6. The lowest BCUT2D eigenvalue weighted by Gasteiger charge is -2.35. The van der Waals surface area contributed by atoms with E-state index in [0.717, 1.165) is 19.0 Å².